The van der Waals surface area contributed by atoms with Crippen molar-refractivity contribution in [1.82, 2.24) is 15.2 Å². The molecule has 2 rings (SSSR count). The van der Waals surface area contributed by atoms with Crippen LogP contribution in [0.2, 0.25) is 0 Å². The van der Waals surface area contributed by atoms with Crippen LogP contribution >= 0.6 is 15.9 Å². The van der Waals surface area contributed by atoms with E-state index in [2.05, 4.69) is 48.7 Å². The number of aliphatic imine (C=N–C) groups is 1. The van der Waals surface area contributed by atoms with Gasteiger partial charge in [-0.25, -0.2) is 4.98 Å². The standard InChI is InChI=1S/C19H24BrN5O/c1-14-5-4-6-17(23-14)24-18(26)11-12-22-19(21-2)25(3)13-15-7-9-16(20)10-8-15/h4-10H,11-13H2,1-3H3,(H,21,22)(H,23,24,26). The quantitative estimate of drug-likeness (QED) is 0.559. The molecule has 0 bridgehead atoms. The summed E-state index contributed by atoms with van der Waals surface area (Å²) in [6.07, 6.45) is 0.334. The van der Waals surface area contributed by atoms with Gasteiger partial charge in [0.25, 0.3) is 0 Å². The number of hydrogen-bond donors (Lipinski definition) is 2. The van der Waals surface area contributed by atoms with Crippen LogP contribution in [-0.4, -0.2) is 42.4 Å². The zero-order valence-corrected chi connectivity index (χ0v) is 16.9. The second-order valence-corrected chi connectivity index (χ2v) is 6.83. The minimum Gasteiger partial charge on any atom is -0.356 e. The smallest absolute Gasteiger partial charge is 0.227 e. The van der Waals surface area contributed by atoms with E-state index in [1.54, 1.807) is 13.1 Å². The van der Waals surface area contributed by atoms with Gasteiger partial charge in [-0.05, 0) is 36.8 Å². The number of rotatable bonds is 6. The number of amides is 1. The van der Waals surface area contributed by atoms with Crippen LogP contribution in [0.15, 0.2) is 51.9 Å². The van der Waals surface area contributed by atoms with Gasteiger partial charge in [-0.15, -0.1) is 0 Å². The number of hydrogen-bond acceptors (Lipinski definition) is 3. The summed E-state index contributed by atoms with van der Waals surface area (Å²) < 4.78 is 1.06. The van der Waals surface area contributed by atoms with Gasteiger partial charge in [-0.2, -0.15) is 0 Å². The highest BCUT2D eigenvalue weighted by Crippen LogP contribution is 2.11. The van der Waals surface area contributed by atoms with Crippen LogP contribution in [0.25, 0.3) is 0 Å². The fraction of sp³-hybridized carbons (Fsp3) is 0.316. The molecule has 0 spiro atoms. The Morgan fingerprint density at radius 2 is 1.96 bits per heavy atom. The average molecular weight is 418 g/mol. The number of nitrogens with one attached hydrogen (secondary N) is 2. The van der Waals surface area contributed by atoms with Crippen molar-refractivity contribution in [3.05, 3.63) is 58.2 Å². The first kappa shape index (κ1) is 19.9. The molecule has 1 aromatic heterocycles. The maximum atomic E-state index is 12.0. The number of guanidine groups is 1. The lowest BCUT2D eigenvalue weighted by molar-refractivity contribution is -0.116. The molecule has 6 nitrogen and oxygen atoms in total. The molecule has 2 N–H and O–H groups in total. The normalized spacial score (nSPS) is 11.2. The Kier molecular flexibility index (Phi) is 7.59. The van der Waals surface area contributed by atoms with E-state index in [4.69, 9.17) is 0 Å². The summed E-state index contributed by atoms with van der Waals surface area (Å²) in [5.74, 6) is 1.24. The molecule has 7 heteroatoms. The van der Waals surface area contributed by atoms with Gasteiger partial charge >= 0.3 is 0 Å². The summed E-state index contributed by atoms with van der Waals surface area (Å²) in [4.78, 5) is 22.6. The van der Waals surface area contributed by atoms with Gasteiger partial charge < -0.3 is 15.5 Å². The maximum Gasteiger partial charge on any atom is 0.227 e. The predicted octanol–water partition coefficient (Wildman–Crippen LogP) is 3.19. The molecular formula is C19H24BrN5O. The number of aryl methyl sites for hydroxylation is 1. The summed E-state index contributed by atoms with van der Waals surface area (Å²) in [5, 5.41) is 6.02. The molecule has 1 amide bonds. The Morgan fingerprint density at radius 3 is 2.62 bits per heavy atom. The van der Waals surface area contributed by atoms with Gasteiger partial charge in [0.1, 0.15) is 5.82 Å². The number of pyridine rings is 1. The van der Waals surface area contributed by atoms with Crippen LogP contribution in [0.4, 0.5) is 5.82 Å². The van der Waals surface area contributed by atoms with Crippen molar-refractivity contribution in [2.45, 2.75) is 19.9 Å². The van der Waals surface area contributed by atoms with Crippen LogP contribution in [0, 0.1) is 6.92 Å². The summed E-state index contributed by atoms with van der Waals surface area (Å²) in [5.41, 5.74) is 2.05. The minimum atomic E-state index is -0.0818. The van der Waals surface area contributed by atoms with E-state index in [1.165, 1.54) is 5.56 Å². The largest absolute Gasteiger partial charge is 0.356 e. The number of carbonyl (C=O) groups is 1. The molecule has 0 aliphatic carbocycles. The van der Waals surface area contributed by atoms with Gasteiger partial charge in [-0.1, -0.05) is 34.1 Å². The molecule has 0 aliphatic rings. The number of aromatic nitrogens is 1. The van der Waals surface area contributed by atoms with Crippen LogP contribution in [0.3, 0.4) is 0 Å². The fourth-order valence-electron chi connectivity index (χ4n) is 2.43. The Hall–Kier alpha value is -2.41. The summed E-state index contributed by atoms with van der Waals surface area (Å²) in [6.45, 7) is 3.11. The highest BCUT2D eigenvalue weighted by molar-refractivity contribution is 9.10. The highest BCUT2D eigenvalue weighted by atomic mass is 79.9. The predicted molar refractivity (Wildman–Crippen MR) is 109 cm³/mol. The molecule has 138 valence electrons. The Morgan fingerprint density at radius 1 is 1.23 bits per heavy atom. The van der Waals surface area contributed by atoms with E-state index in [0.29, 0.717) is 18.8 Å². The SMILES string of the molecule is CN=C(NCCC(=O)Nc1cccc(C)n1)N(C)Cc1ccc(Br)cc1. The van der Waals surface area contributed by atoms with Gasteiger partial charge in [-0.3, -0.25) is 9.79 Å². The molecule has 26 heavy (non-hydrogen) atoms. The van der Waals surface area contributed by atoms with Crippen molar-refractivity contribution in [3.63, 3.8) is 0 Å². The Balaban J connectivity index is 1.78. The molecule has 0 unspecified atom stereocenters. The fourth-order valence-corrected chi connectivity index (χ4v) is 2.69. The van der Waals surface area contributed by atoms with Gasteiger partial charge in [0.05, 0.1) is 0 Å². The number of halogens is 1. The minimum absolute atomic E-state index is 0.0818. The van der Waals surface area contributed by atoms with Crippen molar-refractivity contribution < 1.29 is 4.79 Å². The molecule has 0 atom stereocenters. The molecule has 2 aromatic rings. The summed E-state index contributed by atoms with van der Waals surface area (Å²) in [6, 6.07) is 13.7. The van der Waals surface area contributed by atoms with Gasteiger partial charge in [0, 0.05) is 43.8 Å². The van der Waals surface area contributed by atoms with Crippen LogP contribution < -0.4 is 10.6 Å². The first-order valence-corrected chi connectivity index (χ1v) is 9.17. The van der Waals surface area contributed by atoms with Crippen molar-refractivity contribution in [3.8, 4) is 0 Å². The van der Waals surface area contributed by atoms with Gasteiger partial charge in [0.2, 0.25) is 5.91 Å². The Labute approximate surface area is 162 Å². The molecule has 1 aromatic carbocycles. The zero-order valence-electron chi connectivity index (χ0n) is 15.3. The first-order valence-electron chi connectivity index (χ1n) is 8.37. The third-order valence-electron chi connectivity index (χ3n) is 3.70. The first-order chi connectivity index (χ1) is 12.5. The van der Waals surface area contributed by atoms with Crippen molar-refractivity contribution in [1.29, 1.82) is 0 Å². The molecule has 0 saturated heterocycles. The molecule has 0 aliphatic heterocycles. The van der Waals surface area contributed by atoms with Crippen LogP contribution in [0.1, 0.15) is 17.7 Å². The molecule has 0 fully saturated rings. The second kappa shape index (κ2) is 9.91. The number of nitrogens with zero attached hydrogens (tertiary/aromatic N) is 3. The number of anilines is 1. The topological polar surface area (TPSA) is 69.6 Å². The lowest BCUT2D eigenvalue weighted by atomic mass is 10.2. The van der Waals surface area contributed by atoms with E-state index >= 15 is 0 Å². The highest BCUT2D eigenvalue weighted by Gasteiger charge is 2.08. The summed E-state index contributed by atoms with van der Waals surface area (Å²) >= 11 is 3.44. The number of carbonyl (C=O) groups excluding carboxylic acids is 1. The lowest BCUT2D eigenvalue weighted by Gasteiger charge is -2.22. The van der Waals surface area contributed by atoms with Crippen molar-refractivity contribution >= 4 is 33.6 Å². The van der Waals surface area contributed by atoms with Crippen LogP contribution in [0.5, 0.6) is 0 Å². The molecule has 0 radical (unpaired) electrons. The second-order valence-electron chi connectivity index (χ2n) is 5.92. The third-order valence-corrected chi connectivity index (χ3v) is 4.23. The average Bonchev–Trinajstić information content (AvgIpc) is 2.60. The molecular weight excluding hydrogens is 394 g/mol. The van der Waals surface area contributed by atoms with E-state index in [1.807, 2.05) is 43.1 Å². The van der Waals surface area contributed by atoms with Crippen LogP contribution in [-0.2, 0) is 11.3 Å². The third kappa shape index (κ3) is 6.48. The van der Waals surface area contributed by atoms with E-state index < -0.39 is 0 Å². The lowest BCUT2D eigenvalue weighted by Crippen LogP contribution is -2.39. The maximum absolute atomic E-state index is 12.0. The number of benzene rings is 1. The van der Waals surface area contributed by atoms with Crippen molar-refractivity contribution in [2.24, 2.45) is 4.99 Å². The molecule has 0 saturated carbocycles. The van der Waals surface area contributed by atoms with Crippen molar-refractivity contribution in [2.75, 3.05) is 26.0 Å². The monoisotopic (exact) mass is 417 g/mol. The van der Waals surface area contributed by atoms with E-state index in [0.717, 1.165) is 22.7 Å². The molecule has 1 heterocycles. The summed E-state index contributed by atoms with van der Waals surface area (Å²) in [7, 11) is 3.70. The Bertz CT molecular complexity index is 761. The van der Waals surface area contributed by atoms with Gasteiger partial charge in [0.15, 0.2) is 5.96 Å². The van der Waals surface area contributed by atoms with E-state index in [9.17, 15) is 4.79 Å². The van der Waals surface area contributed by atoms with E-state index in [-0.39, 0.29) is 5.91 Å². The zero-order chi connectivity index (χ0) is 18.9.